The average molecular weight is 501 g/mol. The van der Waals surface area contributed by atoms with Crippen molar-refractivity contribution < 1.29 is 19.1 Å². The van der Waals surface area contributed by atoms with Crippen LogP contribution in [-0.4, -0.2) is 48.4 Å². The molecule has 2 N–H and O–H groups in total. The zero-order chi connectivity index (χ0) is 26.7. The third kappa shape index (κ3) is 8.28. The maximum absolute atomic E-state index is 13.3. The van der Waals surface area contributed by atoms with Gasteiger partial charge in [-0.3, -0.25) is 14.3 Å². The first-order chi connectivity index (χ1) is 17.2. The van der Waals surface area contributed by atoms with Crippen LogP contribution in [0.3, 0.4) is 0 Å². The first-order valence-electron chi connectivity index (χ1n) is 13.1. The van der Waals surface area contributed by atoms with Gasteiger partial charge in [-0.05, 0) is 36.5 Å². The Balaban J connectivity index is 2.24. The van der Waals surface area contributed by atoms with E-state index in [1.807, 2.05) is 36.7 Å². The van der Waals surface area contributed by atoms with E-state index in [-0.39, 0.29) is 30.2 Å². The van der Waals surface area contributed by atoms with Crippen LogP contribution in [0.1, 0.15) is 77.2 Å². The largest absolute Gasteiger partial charge is 0.496 e. The van der Waals surface area contributed by atoms with Crippen molar-refractivity contribution in [3.8, 4) is 22.8 Å². The van der Waals surface area contributed by atoms with Crippen LogP contribution in [0.15, 0.2) is 24.3 Å². The predicted molar refractivity (Wildman–Crippen MR) is 143 cm³/mol. The molecule has 36 heavy (non-hydrogen) atoms. The van der Waals surface area contributed by atoms with Crippen LogP contribution in [0.25, 0.3) is 11.3 Å². The van der Waals surface area contributed by atoms with Crippen LogP contribution in [0.2, 0.25) is 0 Å². The minimum Gasteiger partial charge on any atom is -0.496 e. The number of rotatable bonds is 15. The Kier molecular flexibility index (Phi) is 11.8. The summed E-state index contributed by atoms with van der Waals surface area (Å²) in [6, 6.07) is 7.05. The summed E-state index contributed by atoms with van der Waals surface area (Å²) < 4.78 is 13.0. The third-order valence-electron chi connectivity index (χ3n) is 6.11. The number of benzene rings is 1. The molecule has 1 atom stereocenters. The highest BCUT2D eigenvalue weighted by atomic mass is 16.5. The minimum atomic E-state index is -0.304. The molecule has 1 aromatic heterocycles. The number of aromatic nitrogens is 2. The molecule has 2 aromatic rings. The number of unbranched alkanes of at least 4 members (excludes halogenated alkanes) is 3. The van der Waals surface area contributed by atoms with Crippen molar-refractivity contribution in [2.75, 3.05) is 20.8 Å². The number of amides is 2. The van der Waals surface area contributed by atoms with E-state index in [1.165, 1.54) is 6.42 Å². The Bertz CT molecular complexity index is 962. The van der Waals surface area contributed by atoms with E-state index < -0.39 is 0 Å². The van der Waals surface area contributed by atoms with Gasteiger partial charge in [-0.1, -0.05) is 59.9 Å². The number of nitrogens with one attached hydrogen (secondary N) is 2. The second-order valence-corrected chi connectivity index (χ2v) is 9.97. The molecule has 0 saturated carbocycles. The first kappa shape index (κ1) is 29.2. The smallest absolute Gasteiger partial charge is 0.272 e. The molecule has 1 unspecified atom stereocenters. The monoisotopic (exact) mass is 500 g/mol. The minimum absolute atomic E-state index is 0.0460. The lowest BCUT2D eigenvalue weighted by molar-refractivity contribution is -0.121. The van der Waals surface area contributed by atoms with Gasteiger partial charge in [0.1, 0.15) is 11.5 Å². The maximum atomic E-state index is 13.3. The van der Waals surface area contributed by atoms with Crippen molar-refractivity contribution in [3.05, 3.63) is 30.0 Å². The number of carbonyl (C=O) groups excluding carboxylic acids is 2. The zero-order valence-corrected chi connectivity index (χ0v) is 23.0. The van der Waals surface area contributed by atoms with E-state index in [0.717, 1.165) is 30.5 Å². The zero-order valence-electron chi connectivity index (χ0n) is 23.0. The molecular weight excluding hydrogens is 456 g/mol. The number of methoxy groups -OCH3 is 2. The number of hydrogen-bond donors (Lipinski definition) is 2. The van der Waals surface area contributed by atoms with Crippen LogP contribution in [0, 0.1) is 11.8 Å². The summed E-state index contributed by atoms with van der Waals surface area (Å²) in [6.45, 7) is 11.7. The lowest BCUT2D eigenvalue weighted by Gasteiger charge is -2.21. The molecule has 1 aromatic carbocycles. The second-order valence-electron chi connectivity index (χ2n) is 9.97. The van der Waals surface area contributed by atoms with Gasteiger partial charge in [0.05, 0.1) is 25.5 Å². The number of carbonyl (C=O) groups is 2. The topological polar surface area (TPSA) is 94.5 Å². The summed E-state index contributed by atoms with van der Waals surface area (Å²) in [4.78, 5) is 25.8. The lowest BCUT2D eigenvalue weighted by Crippen LogP contribution is -2.42. The van der Waals surface area contributed by atoms with E-state index >= 15 is 0 Å². The fourth-order valence-corrected chi connectivity index (χ4v) is 4.06. The van der Waals surface area contributed by atoms with Crippen LogP contribution in [0.4, 0.5) is 0 Å². The molecular formula is C28H44N4O4. The molecule has 0 aliphatic heterocycles. The summed E-state index contributed by atoms with van der Waals surface area (Å²) in [5.41, 5.74) is 1.79. The van der Waals surface area contributed by atoms with E-state index in [2.05, 4.69) is 36.5 Å². The van der Waals surface area contributed by atoms with Gasteiger partial charge in [0.15, 0.2) is 5.69 Å². The molecule has 0 fully saturated rings. The summed E-state index contributed by atoms with van der Waals surface area (Å²) >= 11 is 0. The molecule has 2 rings (SSSR count). The summed E-state index contributed by atoms with van der Waals surface area (Å²) in [5.74, 6) is 1.33. The second kappa shape index (κ2) is 14.5. The fourth-order valence-electron chi connectivity index (χ4n) is 4.06. The van der Waals surface area contributed by atoms with Crippen molar-refractivity contribution in [1.29, 1.82) is 0 Å². The summed E-state index contributed by atoms with van der Waals surface area (Å²) in [7, 11) is 3.22. The van der Waals surface area contributed by atoms with Gasteiger partial charge in [0, 0.05) is 25.6 Å². The highest BCUT2D eigenvalue weighted by Crippen LogP contribution is 2.38. The average Bonchev–Trinajstić information content (AvgIpc) is 3.25. The molecule has 1 heterocycles. The molecule has 0 spiro atoms. The normalized spacial score (nSPS) is 12.0. The Hall–Kier alpha value is -3.03. The molecule has 200 valence electrons. The van der Waals surface area contributed by atoms with E-state index in [1.54, 1.807) is 20.3 Å². The van der Waals surface area contributed by atoms with Crippen LogP contribution < -0.4 is 20.1 Å². The highest BCUT2D eigenvalue weighted by molar-refractivity contribution is 5.94. The van der Waals surface area contributed by atoms with Crippen molar-refractivity contribution in [3.63, 3.8) is 0 Å². The van der Waals surface area contributed by atoms with Crippen molar-refractivity contribution in [1.82, 2.24) is 20.4 Å². The Labute approximate surface area is 216 Å². The SMILES string of the molecule is CCCCCCNC(=O)CC(NC(=O)c1cc(-c2c(OC)cccc2OC)n(CC(C)C)n1)C(C)C. The Morgan fingerprint density at radius 1 is 1.03 bits per heavy atom. The summed E-state index contributed by atoms with van der Waals surface area (Å²) in [5, 5.41) is 10.7. The number of ether oxygens (including phenoxy) is 2. The molecule has 0 radical (unpaired) electrons. The van der Waals surface area contributed by atoms with Crippen LogP contribution in [0.5, 0.6) is 11.5 Å². The van der Waals surface area contributed by atoms with Crippen molar-refractivity contribution in [2.45, 2.75) is 79.3 Å². The molecule has 2 amide bonds. The van der Waals surface area contributed by atoms with Gasteiger partial charge in [-0.25, -0.2) is 0 Å². The molecule has 0 bridgehead atoms. The molecule has 8 nitrogen and oxygen atoms in total. The van der Waals surface area contributed by atoms with Gasteiger partial charge in [-0.15, -0.1) is 0 Å². The van der Waals surface area contributed by atoms with Gasteiger partial charge in [0.2, 0.25) is 5.91 Å². The number of hydrogen-bond acceptors (Lipinski definition) is 5. The Morgan fingerprint density at radius 3 is 2.25 bits per heavy atom. The van der Waals surface area contributed by atoms with Crippen LogP contribution >= 0.6 is 0 Å². The fraction of sp³-hybridized carbons (Fsp3) is 0.607. The Morgan fingerprint density at radius 2 is 1.69 bits per heavy atom. The van der Waals surface area contributed by atoms with E-state index in [0.29, 0.717) is 36.2 Å². The standard InChI is InChI=1S/C28H44N4O4/c1-8-9-10-11-15-29-26(33)17-21(20(4)5)30-28(34)22-16-23(32(31-22)18-19(2)3)27-24(35-6)13-12-14-25(27)36-7/h12-14,16,19-21H,8-11,15,17-18H2,1-7H3,(H,29,33)(H,30,34). The quantitative estimate of drug-likeness (QED) is 0.333. The number of nitrogens with zero attached hydrogens (tertiary/aromatic N) is 2. The molecule has 8 heteroatoms. The van der Waals surface area contributed by atoms with Gasteiger partial charge < -0.3 is 20.1 Å². The van der Waals surface area contributed by atoms with Crippen molar-refractivity contribution >= 4 is 11.8 Å². The maximum Gasteiger partial charge on any atom is 0.272 e. The molecule has 0 aliphatic rings. The van der Waals surface area contributed by atoms with Gasteiger partial charge in [-0.2, -0.15) is 5.10 Å². The van der Waals surface area contributed by atoms with Gasteiger partial charge >= 0.3 is 0 Å². The molecule has 0 aliphatic carbocycles. The first-order valence-corrected chi connectivity index (χ1v) is 13.1. The predicted octanol–water partition coefficient (Wildman–Crippen LogP) is 5.06. The summed E-state index contributed by atoms with van der Waals surface area (Å²) in [6.07, 6.45) is 4.65. The van der Waals surface area contributed by atoms with E-state index in [4.69, 9.17) is 9.47 Å². The highest BCUT2D eigenvalue weighted by Gasteiger charge is 2.25. The van der Waals surface area contributed by atoms with E-state index in [9.17, 15) is 9.59 Å². The van der Waals surface area contributed by atoms with Gasteiger partial charge in [0.25, 0.3) is 5.91 Å². The molecule has 0 saturated heterocycles. The van der Waals surface area contributed by atoms with Crippen LogP contribution in [-0.2, 0) is 11.3 Å². The third-order valence-corrected chi connectivity index (χ3v) is 6.11. The lowest BCUT2D eigenvalue weighted by atomic mass is 10.00. The van der Waals surface area contributed by atoms with Crippen molar-refractivity contribution in [2.24, 2.45) is 11.8 Å².